The summed E-state index contributed by atoms with van der Waals surface area (Å²) in [4.78, 5) is 8.40. The third-order valence-corrected chi connectivity index (χ3v) is 2.60. The van der Waals surface area contributed by atoms with Crippen LogP contribution in [0.4, 0.5) is 5.95 Å². The molecule has 2 rings (SSSR count). The molecule has 74 valence electrons. The van der Waals surface area contributed by atoms with E-state index in [2.05, 4.69) is 26.8 Å². The number of nitrogens with one attached hydrogen (secondary N) is 1. The first kappa shape index (κ1) is 9.21. The summed E-state index contributed by atoms with van der Waals surface area (Å²) in [7, 11) is 0. The molecule has 0 saturated carbocycles. The Labute approximate surface area is 86.6 Å². The number of hydrogen-bond acceptors (Lipinski definition) is 4. The zero-order valence-electron chi connectivity index (χ0n) is 7.97. The Morgan fingerprint density at radius 3 is 3.14 bits per heavy atom. The average Bonchev–Trinajstić information content (AvgIpc) is 2.85. The van der Waals surface area contributed by atoms with Gasteiger partial charge in [-0.25, -0.2) is 9.97 Å². The summed E-state index contributed by atoms with van der Waals surface area (Å²) in [5.41, 5.74) is 2.89. The fourth-order valence-corrected chi connectivity index (χ4v) is 1.78. The van der Waals surface area contributed by atoms with Gasteiger partial charge in [0, 0.05) is 24.3 Å². The van der Waals surface area contributed by atoms with Gasteiger partial charge in [-0.2, -0.15) is 0 Å². The van der Waals surface area contributed by atoms with E-state index in [4.69, 9.17) is 0 Å². The van der Waals surface area contributed by atoms with Crippen LogP contribution in [-0.4, -0.2) is 14.5 Å². The molecule has 0 atom stereocenters. The Hall–Kier alpha value is -1.36. The molecule has 0 bridgehead atoms. The molecule has 0 unspecified atom stereocenters. The summed E-state index contributed by atoms with van der Waals surface area (Å²) in [5, 5.41) is 5.28. The number of nitrogens with zero attached hydrogens (tertiary/aromatic N) is 3. The van der Waals surface area contributed by atoms with Gasteiger partial charge < -0.3 is 9.88 Å². The molecule has 14 heavy (non-hydrogen) atoms. The molecule has 4 nitrogen and oxygen atoms in total. The van der Waals surface area contributed by atoms with Crippen LogP contribution >= 0.6 is 11.3 Å². The van der Waals surface area contributed by atoms with Gasteiger partial charge >= 0.3 is 0 Å². The topological polar surface area (TPSA) is 42.7 Å². The minimum atomic E-state index is 0.737. The van der Waals surface area contributed by atoms with Crippen LogP contribution in [0, 0.1) is 0 Å². The van der Waals surface area contributed by atoms with Crippen LogP contribution in [0.25, 0.3) is 0 Å². The highest BCUT2D eigenvalue weighted by Crippen LogP contribution is 2.07. The van der Waals surface area contributed by atoms with Crippen molar-refractivity contribution in [3.05, 3.63) is 29.0 Å². The molecule has 5 heteroatoms. The van der Waals surface area contributed by atoms with Crippen LogP contribution in [0.2, 0.25) is 0 Å². The molecule has 0 fully saturated rings. The van der Waals surface area contributed by atoms with Crippen molar-refractivity contribution in [2.75, 3.05) is 5.32 Å². The molecule has 0 aliphatic rings. The van der Waals surface area contributed by atoms with Crippen LogP contribution in [0.15, 0.2) is 23.3 Å². The number of thiazole rings is 1. The van der Waals surface area contributed by atoms with E-state index < -0.39 is 0 Å². The van der Waals surface area contributed by atoms with Crippen molar-refractivity contribution in [3.63, 3.8) is 0 Å². The summed E-state index contributed by atoms with van der Waals surface area (Å²) in [6.45, 7) is 3.76. The predicted molar refractivity (Wildman–Crippen MR) is 57.3 cm³/mol. The van der Waals surface area contributed by atoms with Gasteiger partial charge in [-0.3, -0.25) is 0 Å². The van der Waals surface area contributed by atoms with Gasteiger partial charge in [0.2, 0.25) is 5.95 Å². The summed E-state index contributed by atoms with van der Waals surface area (Å²) >= 11 is 1.61. The van der Waals surface area contributed by atoms with Crippen molar-refractivity contribution < 1.29 is 0 Å². The lowest BCUT2D eigenvalue weighted by Crippen LogP contribution is -2.06. The maximum absolute atomic E-state index is 4.21. The minimum Gasteiger partial charge on any atom is -0.350 e. The highest BCUT2D eigenvalue weighted by Gasteiger charge is 2.00. The van der Waals surface area contributed by atoms with E-state index in [1.165, 1.54) is 0 Å². The van der Waals surface area contributed by atoms with E-state index in [-0.39, 0.29) is 0 Å². The monoisotopic (exact) mass is 208 g/mol. The lowest BCUT2D eigenvalue weighted by molar-refractivity contribution is 0.762. The number of imidazole rings is 1. The zero-order chi connectivity index (χ0) is 9.80. The molecular weight excluding hydrogens is 196 g/mol. The second kappa shape index (κ2) is 4.23. The average molecular weight is 208 g/mol. The van der Waals surface area contributed by atoms with Crippen molar-refractivity contribution in [3.8, 4) is 0 Å². The molecule has 2 aromatic heterocycles. The first-order valence-electron chi connectivity index (χ1n) is 4.52. The first-order chi connectivity index (χ1) is 6.90. The Morgan fingerprint density at radius 2 is 2.43 bits per heavy atom. The number of rotatable bonds is 4. The van der Waals surface area contributed by atoms with Crippen LogP contribution in [-0.2, 0) is 13.1 Å². The second-order valence-electron chi connectivity index (χ2n) is 2.87. The largest absolute Gasteiger partial charge is 0.350 e. The van der Waals surface area contributed by atoms with Crippen LogP contribution in [0.1, 0.15) is 12.6 Å². The van der Waals surface area contributed by atoms with E-state index in [1.54, 1.807) is 17.5 Å². The van der Waals surface area contributed by atoms with Crippen LogP contribution in [0.3, 0.4) is 0 Å². The van der Waals surface area contributed by atoms with Crippen molar-refractivity contribution in [2.24, 2.45) is 0 Å². The minimum absolute atomic E-state index is 0.737. The van der Waals surface area contributed by atoms with Gasteiger partial charge in [0.1, 0.15) is 0 Å². The van der Waals surface area contributed by atoms with E-state index in [1.807, 2.05) is 17.1 Å². The molecule has 2 aromatic rings. The molecule has 1 N–H and O–H groups in total. The lowest BCUT2D eigenvalue weighted by Gasteiger charge is -2.05. The molecule has 0 amide bonds. The molecule has 0 aliphatic heterocycles. The summed E-state index contributed by atoms with van der Waals surface area (Å²) in [6.07, 6.45) is 3.76. The number of hydrogen-bond donors (Lipinski definition) is 1. The molecular formula is C9H12N4S. The van der Waals surface area contributed by atoms with Gasteiger partial charge in [0.25, 0.3) is 0 Å². The van der Waals surface area contributed by atoms with E-state index in [9.17, 15) is 0 Å². The normalized spacial score (nSPS) is 10.4. The Kier molecular flexibility index (Phi) is 2.78. The summed E-state index contributed by atoms with van der Waals surface area (Å²) in [6, 6.07) is 0. The molecule has 0 saturated heterocycles. The van der Waals surface area contributed by atoms with Crippen molar-refractivity contribution in [1.29, 1.82) is 0 Å². The van der Waals surface area contributed by atoms with Gasteiger partial charge in [-0.05, 0) is 6.92 Å². The van der Waals surface area contributed by atoms with Crippen molar-refractivity contribution >= 4 is 17.3 Å². The zero-order valence-corrected chi connectivity index (χ0v) is 8.79. The van der Waals surface area contributed by atoms with Gasteiger partial charge in [0.15, 0.2) is 0 Å². The predicted octanol–water partition coefficient (Wildman–Crippen LogP) is 1.97. The van der Waals surface area contributed by atoms with Crippen molar-refractivity contribution in [1.82, 2.24) is 14.5 Å². The second-order valence-corrected chi connectivity index (χ2v) is 3.59. The van der Waals surface area contributed by atoms with E-state index >= 15 is 0 Å². The SMILES string of the molecule is CCn1ccnc1NCc1cscn1. The lowest BCUT2D eigenvalue weighted by atomic mass is 10.5. The fraction of sp³-hybridized carbons (Fsp3) is 0.333. The smallest absolute Gasteiger partial charge is 0.203 e. The third kappa shape index (κ3) is 1.93. The first-order valence-corrected chi connectivity index (χ1v) is 5.46. The standard InChI is InChI=1S/C9H12N4S/c1-2-13-4-3-10-9(13)11-5-8-6-14-7-12-8/h3-4,6-7H,2,5H2,1H3,(H,10,11). The highest BCUT2D eigenvalue weighted by molar-refractivity contribution is 7.07. The quantitative estimate of drug-likeness (QED) is 0.835. The van der Waals surface area contributed by atoms with Crippen molar-refractivity contribution in [2.45, 2.75) is 20.0 Å². The Morgan fingerprint density at radius 1 is 1.50 bits per heavy atom. The molecule has 0 aromatic carbocycles. The van der Waals surface area contributed by atoms with E-state index in [0.717, 1.165) is 24.7 Å². The van der Waals surface area contributed by atoms with Gasteiger partial charge in [-0.1, -0.05) is 0 Å². The van der Waals surface area contributed by atoms with Gasteiger partial charge in [0.05, 0.1) is 17.7 Å². The molecule has 0 radical (unpaired) electrons. The van der Waals surface area contributed by atoms with E-state index in [0.29, 0.717) is 0 Å². The Bertz CT molecular complexity index is 379. The summed E-state index contributed by atoms with van der Waals surface area (Å²) in [5.74, 6) is 0.903. The van der Waals surface area contributed by atoms with Crippen LogP contribution in [0.5, 0.6) is 0 Å². The number of aryl methyl sites for hydroxylation is 1. The maximum Gasteiger partial charge on any atom is 0.203 e. The van der Waals surface area contributed by atoms with Crippen LogP contribution < -0.4 is 5.32 Å². The Balaban J connectivity index is 1.98. The molecule has 0 aliphatic carbocycles. The summed E-state index contributed by atoms with van der Waals surface area (Å²) < 4.78 is 2.06. The number of aromatic nitrogens is 3. The molecule has 0 spiro atoms. The third-order valence-electron chi connectivity index (χ3n) is 1.97. The maximum atomic E-state index is 4.21. The molecule has 2 heterocycles. The van der Waals surface area contributed by atoms with Gasteiger partial charge in [-0.15, -0.1) is 11.3 Å². The highest BCUT2D eigenvalue weighted by atomic mass is 32.1. The fourth-order valence-electron chi connectivity index (χ4n) is 1.23. The number of anilines is 1.